The van der Waals surface area contributed by atoms with Gasteiger partial charge in [0.25, 0.3) is 0 Å². The number of hydrogen-bond donors (Lipinski definition) is 1. The smallest absolute Gasteiger partial charge is 0.0364 e. The molecule has 0 amide bonds. The molecule has 12 heavy (non-hydrogen) atoms. The lowest BCUT2D eigenvalue weighted by atomic mass is 10.3. The van der Waals surface area contributed by atoms with E-state index in [4.69, 9.17) is 0 Å². The van der Waals surface area contributed by atoms with E-state index in [0.29, 0.717) is 0 Å². The standard InChI is InChI=1S/C10H16N2/c1-11-8-9-12(2)10-6-4-3-5-7-10/h3-7,11H,8-9H2,1-2H3. The van der Waals surface area contributed by atoms with Gasteiger partial charge in [0, 0.05) is 25.8 Å². The zero-order valence-electron chi connectivity index (χ0n) is 7.75. The first kappa shape index (κ1) is 9.07. The summed E-state index contributed by atoms with van der Waals surface area (Å²) in [5.74, 6) is 0. The molecule has 0 saturated carbocycles. The second-order valence-corrected chi connectivity index (χ2v) is 2.86. The number of nitrogens with one attached hydrogen (secondary N) is 1. The van der Waals surface area contributed by atoms with Crippen LogP contribution in [0.25, 0.3) is 0 Å². The fraction of sp³-hybridized carbons (Fsp3) is 0.400. The van der Waals surface area contributed by atoms with Crippen molar-refractivity contribution >= 4 is 5.69 Å². The molecule has 0 atom stereocenters. The molecule has 0 aliphatic heterocycles. The van der Waals surface area contributed by atoms with E-state index in [9.17, 15) is 0 Å². The molecule has 0 bridgehead atoms. The number of likely N-dealkylation sites (N-methyl/N-ethyl adjacent to an activating group) is 2. The highest BCUT2D eigenvalue weighted by atomic mass is 15.1. The maximum atomic E-state index is 3.13. The first-order valence-corrected chi connectivity index (χ1v) is 4.25. The Morgan fingerprint density at radius 1 is 1.25 bits per heavy atom. The topological polar surface area (TPSA) is 15.3 Å². The molecule has 2 nitrogen and oxygen atoms in total. The van der Waals surface area contributed by atoms with Gasteiger partial charge in [-0.25, -0.2) is 0 Å². The molecule has 0 unspecified atom stereocenters. The zero-order chi connectivity index (χ0) is 8.81. The van der Waals surface area contributed by atoms with Crippen LogP contribution in [-0.2, 0) is 0 Å². The van der Waals surface area contributed by atoms with Gasteiger partial charge in [-0.05, 0) is 19.2 Å². The van der Waals surface area contributed by atoms with Crippen molar-refractivity contribution in [2.45, 2.75) is 0 Å². The summed E-state index contributed by atoms with van der Waals surface area (Å²) in [5.41, 5.74) is 1.27. The van der Waals surface area contributed by atoms with E-state index in [-0.39, 0.29) is 0 Å². The normalized spacial score (nSPS) is 9.83. The van der Waals surface area contributed by atoms with E-state index < -0.39 is 0 Å². The monoisotopic (exact) mass is 164 g/mol. The lowest BCUT2D eigenvalue weighted by Gasteiger charge is -2.18. The Labute approximate surface area is 74.2 Å². The number of para-hydroxylation sites is 1. The van der Waals surface area contributed by atoms with Crippen LogP contribution >= 0.6 is 0 Å². The Bertz CT molecular complexity index is 208. The van der Waals surface area contributed by atoms with Crippen LogP contribution in [0.3, 0.4) is 0 Å². The predicted octanol–water partition coefficient (Wildman–Crippen LogP) is 1.34. The summed E-state index contributed by atoms with van der Waals surface area (Å²) < 4.78 is 0. The van der Waals surface area contributed by atoms with Gasteiger partial charge in [-0.2, -0.15) is 0 Å². The molecule has 1 rings (SSSR count). The van der Waals surface area contributed by atoms with Gasteiger partial charge in [-0.3, -0.25) is 0 Å². The third-order valence-electron chi connectivity index (χ3n) is 1.89. The fourth-order valence-corrected chi connectivity index (χ4v) is 1.09. The molecule has 66 valence electrons. The number of hydrogen-bond acceptors (Lipinski definition) is 2. The van der Waals surface area contributed by atoms with Crippen LogP contribution in [0.15, 0.2) is 30.3 Å². The van der Waals surface area contributed by atoms with Crippen molar-refractivity contribution in [3.8, 4) is 0 Å². The van der Waals surface area contributed by atoms with Gasteiger partial charge in [0.2, 0.25) is 0 Å². The highest BCUT2D eigenvalue weighted by molar-refractivity contribution is 5.44. The quantitative estimate of drug-likeness (QED) is 0.722. The Hall–Kier alpha value is -1.02. The third kappa shape index (κ3) is 2.55. The van der Waals surface area contributed by atoms with Crippen LogP contribution in [0.5, 0.6) is 0 Å². The minimum atomic E-state index is 1.02. The second kappa shape index (κ2) is 4.78. The van der Waals surface area contributed by atoms with Gasteiger partial charge in [-0.15, -0.1) is 0 Å². The van der Waals surface area contributed by atoms with Gasteiger partial charge in [0.05, 0.1) is 0 Å². The Kier molecular flexibility index (Phi) is 3.61. The lowest BCUT2D eigenvalue weighted by Crippen LogP contribution is -2.26. The molecule has 0 saturated heterocycles. The average Bonchev–Trinajstić information content (AvgIpc) is 2.15. The maximum Gasteiger partial charge on any atom is 0.0364 e. The van der Waals surface area contributed by atoms with Gasteiger partial charge in [-0.1, -0.05) is 18.2 Å². The SMILES string of the molecule is CNCCN(C)c1ccccc1. The second-order valence-electron chi connectivity index (χ2n) is 2.86. The highest BCUT2D eigenvalue weighted by Gasteiger charge is 1.96. The fourth-order valence-electron chi connectivity index (χ4n) is 1.09. The summed E-state index contributed by atoms with van der Waals surface area (Å²) in [6, 6.07) is 10.4. The summed E-state index contributed by atoms with van der Waals surface area (Å²) in [4.78, 5) is 2.23. The van der Waals surface area contributed by atoms with Crippen molar-refractivity contribution in [2.75, 3.05) is 32.1 Å². The highest BCUT2D eigenvalue weighted by Crippen LogP contribution is 2.09. The zero-order valence-corrected chi connectivity index (χ0v) is 7.75. The van der Waals surface area contributed by atoms with Gasteiger partial charge >= 0.3 is 0 Å². The molecule has 2 heteroatoms. The summed E-state index contributed by atoms with van der Waals surface area (Å²) in [5, 5.41) is 3.13. The third-order valence-corrected chi connectivity index (χ3v) is 1.89. The van der Waals surface area contributed by atoms with E-state index in [2.05, 4.69) is 41.5 Å². The lowest BCUT2D eigenvalue weighted by molar-refractivity contribution is 0.768. The van der Waals surface area contributed by atoms with Crippen molar-refractivity contribution in [3.05, 3.63) is 30.3 Å². The van der Waals surface area contributed by atoms with Crippen LogP contribution in [0.4, 0.5) is 5.69 Å². The van der Waals surface area contributed by atoms with Crippen molar-refractivity contribution < 1.29 is 0 Å². The van der Waals surface area contributed by atoms with E-state index in [1.807, 2.05) is 13.1 Å². The molecule has 0 fully saturated rings. The van der Waals surface area contributed by atoms with Gasteiger partial charge < -0.3 is 10.2 Å². The van der Waals surface area contributed by atoms with Crippen LogP contribution in [-0.4, -0.2) is 27.2 Å². The summed E-state index contributed by atoms with van der Waals surface area (Å²) in [7, 11) is 4.07. The van der Waals surface area contributed by atoms with E-state index in [0.717, 1.165) is 13.1 Å². The number of rotatable bonds is 4. The molecule has 0 aliphatic rings. The summed E-state index contributed by atoms with van der Waals surface area (Å²) in [6.07, 6.45) is 0. The van der Waals surface area contributed by atoms with E-state index in [1.165, 1.54) is 5.69 Å². The van der Waals surface area contributed by atoms with Crippen LogP contribution < -0.4 is 10.2 Å². The average molecular weight is 164 g/mol. The van der Waals surface area contributed by atoms with E-state index in [1.54, 1.807) is 0 Å². The van der Waals surface area contributed by atoms with Gasteiger partial charge in [0.1, 0.15) is 0 Å². The summed E-state index contributed by atoms with van der Waals surface area (Å²) >= 11 is 0. The van der Waals surface area contributed by atoms with E-state index >= 15 is 0 Å². The first-order chi connectivity index (χ1) is 5.84. The molecule has 0 aromatic heterocycles. The molecule has 0 heterocycles. The summed E-state index contributed by atoms with van der Waals surface area (Å²) in [6.45, 7) is 2.06. The Morgan fingerprint density at radius 2 is 1.92 bits per heavy atom. The van der Waals surface area contributed by atoms with Gasteiger partial charge in [0.15, 0.2) is 0 Å². The van der Waals surface area contributed by atoms with Crippen molar-refractivity contribution in [1.29, 1.82) is 0 Å². The number of anilines is 1. The van der Waals surface area contributed by atoms with Crippen LogP contribution in [0.1, 0.15) is 0 Å². The molecule has 1 N–H and O–H groups in total. The van der Waals surface area contributed by atoms with Crippen LogP contribution in [0, 0.1) is 0 Å². The Balaban J connectivity index is 2.48. The first-order valence-electron chi connectivity index (χ1n) is 4.25. The largest absolute Gasteiger partial charge is 0.373 e. The molecule has 1 aromatic carbocycles. The minimum absolute atomic E-state index is 1.02. The molecule has 0 radical (unpaired) electrons. The minimum Gasteiger partial charge on any atom is -0.373 e. The van der Waals surface area contributed by atoms with Crippen molar-refractivity contribution in [1.82, 2.24) is 5.32 Å². The molecular formula is C10H16N2. The number of benzene rings is 1. The van der Waals surface area contributed by atoms with Crippen molar-refractivity contribution in [2.24, 2.45) is 0 Å². The van der Waals surface area contributed by atoms with Crippen molar-refractivity contribution in [3.63, 3.8) is 0 Å². The molecular weight excluding hydrogens is 148 g/mol. The predicted molar refractivity (Wildman–Crippen MR) is 53.6 cm³/mol. The Morgan fingerprint density at radius 3 is 2.50 bits per heavy atom. The maximum absolute atomic E-state index is 3.13. The molecule has 0 spiro atoms. The number of nitrogens with zero attached hydrogens (tertiary/aromatic N) is 1. The molecule has 0 aliphatic carbocycles. The molecule has 1 aromatic rings. The van der Waals surface area contributed by atoms with Crippen LogP contribution in [0.2, 0.25) is 0 Å².